The van der Waals surface area contributed by atoms with Crippen LogP contribution in [0.5, 0.6) is 0 Å². The second-order valence-corrected chi connectivity index (χ2v) is 6.70. The largest absolute Gasteiger partial charge is 0.469 e. The number of nitrogens with zero attached hydrogens (tertiary/aromatic N) is 1. The lowest BCUT2D eigenvalue weighted by Crippen LogP contribution is -2.27. The highest BCUT2D eigenvalue weighted by Gasteiger charge is 2.25. The Morgan fingerprint density at radius 3 is 2.62 bits per heavy atom. The fraction of sp³-hybridized carbons (Fsp3) is 0.286. The van der Waals surface area contributed by atoms with Crippen LogP contribution < -0.4 is 0 Å². The minimum atomic E-state index is -3.99. The lowest BCUT2D eigenvalue weighted by atomic mass is 10.2. The number of rotatable bonds is 5. The Bertz CT molecular complexity index is 739. The van der Waals surface area contributed by atoms with Gasteiger partial charge in [-0.25, -0.2) is 12.8 Å². The number of sulfonamides is 1. The highest BCUT2D eigenvalue weighted by atomic mass is 32.2. The molecular formula is C14H16FNO4S. The Morgan fingerprint density at radius 1 is 1.33 bits per heavy atom. The van der Waals surface area contributed by atoms with Gasteiger partial charge in [-0.05, 0) is 30.7 Å². The van der Waals surface area contributed by atoms with Gasteiger partial charge in [-0.1, -0.05) is 6.07 Å². The van der Waals surface area contributed by atoms with Crippen molar-refractivity contribution in [1.29, 1.82) is 0 Å². The van der Waals surface area contributed by atoms with Gasteiger partial charge in [-0.3, -0.25) is 0 Å². The number of benzene rings is 1. The highest BCUT2D eigenvalue weighted by Crippen LogP contribution is 2.22. The van der Waals surface area contributed by atoms with E-state index in [1.54, 1.807) is 13.0 Å². The molecule has 5 nitrogen and oxygen atoms in total. The van der Waals surface area contributed by atoms with Gasteiger partial charge in [0.05, 0.1) is 12.9 Å². The van der Waals surface area contributed by atoms with Crippen LogP contribution in [0, 0.1) is 12.7 Å². The third-order valence-electron chi connectivity index (χ3n) is 3.23. The first-order valence-corrected chi connectivity index (χ1v) is 7.69. The zero-order chi connectivity index (χ0) is 15.6. The summed E-state index contributed by atoms with van der Waals surface area (Å²) in [5.41, 5.74) is 1.04. The molecule has 1 N–H and O–H groups in total. The lowest BCUT2D eigenvalue weighted by Gasteiger charge is -2.17. The average molecular weight is 313 g/mol. The number of aliphatic hydroxyl groups excluding tert-OH is 1. The van der Waals surface area contributed by atoms with Gasteiger partial charge >= 0.3 is 0 Å². The molecule has 2 rings (SSSR count). The van der Waals surface area contributed by atoms with Crippen LogP contribution >= 0.6 is 0 Å². The SMILES string of the molecule is Cc1occc1CN(C)S(=O)(=O)c1cc(CO)ccc1F. The maximum atomic E-state index is 13.8. The van der Waals surface area contributed by atoms with E-state index in [0.717, 1.165) is 16.4 Å². The summed E-state index contributed by atoms with van der Waals surface area (Å²) in [6.07, 6.45) is 1.47. The van der Waals surface area contributed by atoms with Crippen molar-refractivity contribution in [3.8, 4) is 0 Å². The van der Waals surface area contributed by atoms with Gasteiger partial charge in [0, 0.05) is 19.2 Å². The van der Waals surface area contributed by atoms with Gasteiger partial charge in [0.25, 0.3) is 0 Å². The zero-order valence-electron chi connectivity index (χ0n) is 11.7. The molecule has 0 radical (unpaired) electrons. The van der Waals surface area contributed by atoms with Crippen LogP contribution in [-0.4, -0.2) is 24.9 Å². The predicted octanol–water partition coefficient (Wildman–Crippen LogP) is 2.04. The van der Waals surface area contributed by atoms with Crippen LogP contribution in [0.15, 0.2) is 39.8 Å². The van der Waals surface area contributed by atoms with Crippen LogP contribution in [-0.2, 0) is 23.2 Å². The molecule has 21 heavy (non-hydrogen) atoms. The van der Waals surface area contributed by atoms with Crippen molar-refractivity contribution < 1.29 is 22.3 Å². The van der Waals surface area contributed by atoms with E-state index in [9.17, 15) is 12.8 Å². The molecule has 0 unspecified atom stereocenters. The molecule has 0 spiro atoms. The van der Waals surface area contributed by atoms with E-state index in [-0.39, 0.29) is 13.2 Å². The standard InChI is InChI=1S/C14H16FNO4S/c1-10-12(5-6-20-10)8-16(2)21(18,19)14-7-11(9-17)3-4-13(14)15/h3-7,17H,8-9H2,1-2H3. The Morgan fingerprint density at radius 2 is 2.05 bits per heavy atom. The molecule has 1 aromatic heterocycles. The normalized spacial score (nSPS) is 12.0. The molecule has 0 fully saturated rings. The minimum absolute atomic E-state index is 0.0768. The highest BCUT2D eigenvalue weighted by molar-refractivity contribution is 7.89. The molecule has 0 aliphatic rings. The number of halogens is 1. The van der Waals surface area contributed by atoms with Gasteiger partial charge in [0.2, 0.25) is 10.0 Å². The Balaban J connectivity index is 2.35. The number of aryl methyl sites for hydroxylation is 1. The Hall–Kier alpha value is -1.70. The quantitative estimate of drug-likeness (QED) is 0.917. The molecule has 114 valence electrons. The van der Waals surface area contributed by atoms with Crippen molar-refractivity contribution in [2.75, 3.05) is 7.05 Å². The first-order chi connectivity index (χ1) is 9.86. The molecule has 0 saturated carbocycles. The maximum absolute atomic E-state index is 13.8. The molecule has 0 atom stereocenters. The summed E-state index contributed by atoms with van der Waals surface area (Å²) in [6.45, 7) is 1.45. The van der Waals surface area contributed by atoms with Crippen LogP contribution in [0.2, 0.25) is 0 Å². The van der Waals surface area contributed by atoms with E-state index >= 15 is 0 Å². The van der Waals surface area contributed by atoms with Crippen LogP contribution in [0.4, 0.5) is 4.39 Å². The number of hydrogen-bond donors (Lipinski definition) is 1. The number of aliphatic hydroxyl groups is 1. The second-order valence-electron chi connectivity index (χ2n) is 4.69. The fourth-order valence-electron chi connectivity index (χ4n) is 1.91. The second kappa shape index (κ2) is 5.97. The van der Waals surface area contributed by atoms with E-state index in [1.807, 2.05) is 0 Å². The first-order valence-electron chi connectivity index (χ1n) is 6.25. The van der Waals surface area contributed by atoms with E-state index in [4.69, 9.17) is 9.52 Å². The molecule has 1 heterocycles. The molecule has 7 heteroatoms. The third kappa shape index (κ3) is 3.15. The molecule has 0 aliphatic carbocycles. The van der Waals surface area contributed by atoms with Crippen LogP contribution in [0.1, 0.15) is 16.9 Å². The van der Waals surface area contributed by atoms with Gasteiger partial charge in [0.15, 0.2) is 0 Å². The molecule has 2 aromatic rings. The van der Waals surface area contributed by atoms with E-state index in [2.05, 4.69) is 0 Å². The van der Waals surface area contributed by atoms with Crippen LogP contribution in [0.3, 0.4) is 0 Å². The van der Waals surface area contributed by atoms with Crippen molar-refractivity contribution in [3.05, 3.63) is 53.2 Å². The summed E-state index contributed by atoms with van der Waals surface area (Å²) in [7, 11) is -2.62. The van der Waals surface area contributed by atoms with Crippen molar-refractivity contribution in [2.45, 2.75) is 25.0 Å². The average Bonchev–Trinajstić information content (AvgIpc) is 2.84. The summed E-state index contributed by atoms with van der Waals surface area (Å²) in [6, 6.07) is 5.19. The van der Waals surface area contributed by atoms with Gasteiger partial charge in [-0.15, -0.1) is 0 Å². The third-order valence-corrected chi connectivity index (χ3v) is 5.04. The van der Waals surface area contributed by atoms with Crippen molar-refractivity contribution >= 4 is 10.0 Å². The monoisotopic (exact) mass is 313 g/mol. The van der Waals surface area contributed by atoms with Crippen molar-refractivity contribution in [1.82, 2.24) is 4.31 Å². The summed E-state index contributed by atoms with van der Waals surface area (Å²) in [5, 5.41) is 9.06. The number of furan rings is 1. The molecule has 1 aromatic carbocycles. The van der Waals surface area contributed by atoms with E-state index < -0.39 is 20.7 Å². The van der Waals surface area contributed by atoms with E-state index in [1.165, 1.54) is 19.4 Å². The predicted molar refractivity (Wildman–Crippen MR) is 74.4 cm³/mol. The zero-order valence-corrected chi connectivity index (χ0v) is 12.5. The van der Waals surface area contributed by atoms with Gasteiger partial charge < -0.3 is 9.52 Å². The topological polar surface area (TPSA) is 70.8 Å². The Labute approximate surface area is 122 Å². The summed E-state index contributed by atoms with van der Waals surface area (Å²) in [5.74, 6) is -0.232. The smallest absolute Gasteiger partial charge is 0.246 e. The molecular weight excluding hydrogens is 297 g/mol. The van der Waals surface area contributed by atoms with Crippen molar-refractivity contribution in [2.24, 2.45) is 0 Å². The van der Waals surface area contributed by atoms with Gasteiger partial charge in [0.1, 0.15) is 16.5 Å². The first kappa shape index (κ1) is 15.7. The van der Waals surface area contributed by atoms with Crippen molar-refractivity contribution in [3.63, 3.8) is 0 Å². The molecule has 0 amide bonds. The fourth-order valence-corrected chi connectivity index (χ4v) is 3.17. The molecule has 0 aliphatic heterocycles. The van der Waals surface area contributed by atoms with E-state index in [0.29, 0.717) is 16.9 Å². The summed E-state index contributed by atoms with van der Waals surface area (Å²) < 4.78 is 44.8. The maximum Gasteiger partial charge on any atom is 0.246 e. The van der Waals surface area contributed by atoms with Crippen LogP contribution in [0.25, 0.3) is 0 Å². The Kier molecular flexibility index (Phi) is 4.46. The van der Waals surface area contributed by atoms with Gasteiger partial charge in [-0.2, -0.15) is 4.31 Å². The minimum Gasteiger partial charge on any atom is -0.469 e. The molecule has 0 bridgehead atoms. The lowest BCUT2D eigenvalue weighted by molar-refractivity contribution is 0.281. The number of hydrogen-bond acceptors (Lipinski definition) is 4. The molecule has 0 saturated heterocycles. The summed E-state index contributed by atoms with van der Waals surface area (Å²) in [4.78, 5) is -0.447. The summed E-state index contributed by atoms with van der Waals surface area (Å²) >= 11 is 0.